The Morgan fingerprint density at radius 3 is 2.47 bits per heavy atom. The number of nitrogens with zero attached hydrogens (tertiary/aromatic N) is 2. The van der Waals surface area contributed by atoms with Gasteiger partial charge in [-0.2, -0.15) is 13.2 Å². The normalized spacial score (nSPS) is 18.8. The molecule has 2 N–H and O–H groups in total. The molecule has 236 valence electrons. The lowest BCUT2D eigenvalue weighted by Crippen LogP contribution is -2.50. The van der Waals surface area contributed by atoms with Crippen molar-refractivity contribution < 1.29 is 31.2 Å². The summed E-state index contributed by atoms with van der Waals surface area (Å²) < 4.78 is 68.4. The highest BCUT2D eigenvalue weighted by molar-refractivity contribution is 7.91. The molecule has 0 bridgehead atoms. The van der Waals surface area contributed by atoms with E-state index in [2.05, 4.69) is 10.6 Å². The molecule has 2 aliphatic rings. The van der Waals surface area contributed by atoms with Crippen LogP contribution < -0.4 is 15.5 Å². The van der Waals surface area contributed by atoms with Gasteiger partial charge in [0, 0.05) is 47.7 Å². The Balaban J connectivity index is 1.58. The van der Waals surface area contributed by atoms with Gasteiger partial charge in [-0.25, -0.2) is 8.42 Å². The SMILES string of the molecule is CCS(=O)(=O)c1ccc(Cl)cc1N(C)C(=O)c1cc(Cl)c(CN2CCC[C@H](NC(=O)C3CCNCC3)C2)c(C(F)(F)F)c1. The molecule has 0 saturated carbocycles. The number of benzene rings is 2. The van der Waals surface area contributed by atoms with Crippen molar-refractivity contribution in [1.82, 2.24) is 15.5 Å². The molecule has 0 spiro atoms. The van der Waals surface area contributed by atoms with E-state index in [9.17, 15) is 31.2 Å². The number of piperidine rings is 2. The minimum Gasteiger partial charge on any atom is -0.352 e. The maximum atomic E-state index is 14.4. The first-order valence-electron chi connectivity index (χ1n) is 14.1. The molecule has 4 rings (SSSR count). The Labute approximate surface area is 259 Å². The van der Waals surface area contributed by atoms with Crippen molar-refractivity contribution in [1.29, 1.82) is 0 Å². The molecule has 8 nitrogen and oxygen atoms in total. The van der Waals surface area contributed by atoms with Crippen LogP contribution in [0.4, 0.5) is 18.9 Å². The quantitative estimate of drug-likeness (QED) is 0.405. The summed E-state index contributed by atoms with van der Waals surface area (Å²) >= 11 is 12.5. The monoisotopic (exact) mass is 662 g/mol. The molecule has 1 atom stereocenters. The summed E-state index contributed by atoms with van der Waals surface area (Å²) in [6.45, 7) is 3.78. The number of halogens is 5. The molecule has 2 saturated heterocycles. The van der Waals surface area contributed by atoms with E-state index in [1.165, 1.54) is 38.2 Å². The maximum absolute atomic E-state index is 14.4. The summed E-state index contributed by atoms with van der Waals surface area (Å²) in [6.07, 6.45) is -1.90. The van der Waals surface area contributed by atoms with Crippen LogP contribution in [0.5, 0.6) is 0 Å². The van der Waals surface area contributed by atoms with Gasteiger partial charge in [0.15, 0.2) is 9.84 Å². The van der Waals surface area contributed by atoms with E-state index < -0.39 is 27.5 Å². The van der Waals surface area contributed by atoms with E-state index in [4.69, 9.17) is 23.2 Å². The number of carbonyl (C=O) groups excluding carboxylic acids is 2. The smallest absolute Gasteiger partial charge is 0.352 e. The third-order valence-electron chi connectivity index (χ3n) is 7.99. The second-order valence-corrected chi connectivity index (χ2v) is 14.1. The number of hydrogen-bond donors (Lipinski definition) is 2. The molecule has 0 unspecified atom stereocenters. The lowest BCUT2D eigenvalue weighted by atomic mass is 9.95. The van der Waals surface area contributed by atoms with Crippen LogP contribution >= 0.6 is 23.2 Å². The Kier molecular flexibility index (Phi) is 10.7. The number of alkyl halides is 3. The van der Waals surface area contributed by atoms with Crippen molar-refractivity contribution >= 4 is 50.5 Å². The van der Waals surface area contributed by atoms with Gasteiger partial charge in [-0.3, -0.25) is 14.5 Å². The molecule has 2 aromatic carbocycles. The highest BCUT2D eigenvalue weighted by Gasteiger charge is 2.37. The Morgan fingerprint density at radius 2 is 1.81 bits per heavy atom. The molecule has 0 aromatic heterocycles. The van der Waals surface area contributed by atoms with Gasteiger partial charge in [0.1, 0.15) is 0 Å². The minimum atomic E-state index is -4.82. The van der Waals surface area contributed by atoms with E-state index in [1.807, 2.05) is 4.90 Å². The fourth-order valence-corrected chi connectivity index (χ4v) is 7.14. The number of carbonyl (C=O) groups is 2. The van der Waals surface area contributed by atoms with Crippen molar-refractivity contribution in [3.05, 3.63) is 57.1 Å². The second kappa shape index (κ2) is 13.7. The van der Waals surface area contributed by atoms with Crippen LogP contribution in [0.15, 0.2) is 35.2 Å². The number of sulfone groups is 1. The Bertz CT molecular complexity index is 1470. The first kappa shape index (κ1) is 33.5. The van der Waals surface area contributed by atoms with Gasteiger partial charge in [-0.05, 0) is 81.2 Å². The topological polar surface area (TPSA) is 98.8 Å². The number of rotatable bonds is 8. The molecular weight excluding hydrogens is 628 g/mol. The lowest BCUT2D eigenvalue weighted by molar-refractivity contribution is -0.138. The zero-order valence-corrected chi connectivity index (χ0v) is 26.3. The summed E-state index contributed by atoms with van der Waals surface area (Å²) in [5.74, 6) is -1.23. The zero-order valence-electron chi connectivity index (χ0n) is 23.9. The van der Waals surface area contributed by atoms with Crippen LogP contribution in [0, 0.1) is 5.92 Å². The van der Waals surface area contributed by atoms with Gasteiger partial charge in [-0.15, -0.1) is 0 Å². The third-order valence-corrected chi connectivity index (χ3v) is 10.3. The summed E-state index contributed by atoms with van der Waals surface area (Å²) in [4.78, 5) is 28.8. The molecule has 2 aromatic rings. The van der Waals surface area contributed by atoms with Crippen LogP contribution in [-0.4, -0.2) is 70.2 Å². The Hall–Kier alpha value is -2.38. The van der Waals surface area contributed by atoms with Crippen molar-refractivity contribution in [3.8, 4) is 0 Å². The first-order chi connectivity index (χ1) is 20.2. The van der Waals surface area contributed by atoms with E-state index >= 15 is 0 Å². The van der Waals surface area contributed by atoms with Crippen molar-refractivity contribution in [2.45, 2.75) is 56.3 Å². The lowest BCUT2D eigenvalue weighted by Gasteiger charge is -2.35. The molecule has 2 aliphatic heterocycles. The average Bonchev–Trinajstić information content (AvgIpc) is 2.97. The van der Waals surface area contributed by atoms with Crippen molar-refractivity contribution in [2.24, 2.45) is 5.92 Å². The number of hydrogen-bond acceptors (Lipinski definition) is 6. The molecule has 2 heterocycles. The molecule has 0 radical (unpaired) electrons. The molecule has 2 amide bonds. The van der Waals surface area contributed by atoms with Crippen LogP contribution in [0.1, 0.15) is 54.1 Å². The largest absolute Gasteiger partial charge is 0.416 e. The molecule has 43 heavy (non-hydrogen) atoms. The number of likely N-dealkylation sites (tertiary alicyclic amines) is 1. The van der Waals surface area contributed by atoms with Gasteiger partial charge >= 0.3 is 6.18 Å². The van der Waals surface area contributed by atoms with Gasteiger partial charge in [0.2, 0.25) is 5.91 Å². The number of amides is 2. The number of nitrogens with one attached hydrogen (secondary N) is 2. The van der Waals surface area contributed by atoms with E-state index in [-0.39, 0.29) is 61.9 Å². The maximum Gasteiger partial charge on any atom is 0.416 e. The fourth-order valence-electron chi connectivity index (χ4n) is 5.59. The van der Waals surface area contributed by atoms with Crippen LogP contribution in [-0.2, 0) is 27.4 Å². The van der Waals surface area contributed by atoms with Gasteiger partial charge < -0.3 is 15.5 Å². The Morgan fingerprint density at radius 1 is 1.12 bits per heavy atom. The molecule has 2 fully saturated rings. The van der Waals surface area contributed by atoms with Gasteiger partial charge in [0.05, 0.1) is 21.9 Å². The van der Waals surface area contributed by atoms with E-state index in [1.54, 1.807) is 0 Å². The van der Waals surface area contributed by atoms with Crippen LogP contribution in [0.25, 0.3) is 0 Å². The predicted molar refractivity (Wildman–Crippen MR) is 160 cm³/mol. The summed E-state index contributed by atoms with van der Waals surface area (Å²) in [5.41, 5.74) is -1.63. The summed E-state index contributed by atoms with van der Waals surface area (Å²) in [6, 6.07) is 5.63. The van der Waals surface area contributed by atoms with Crippen molar-refractivity contribution in [2.75, 3.05) is 43.9 Å². The first-order valence-corrected chi connectivity index (χ1v) is 16.6. The van der Waals surface area contributed by atoms with E-state index in [0.717, 1.165) is 43.3 Å². The summed E-state index contributed by atoms with van der Waals surface area (Å²) in [7, 11) is -2.51. The zero-order chi connectivity index (χ0) is 31.5. The van der Waals surface area contributed by atoms with Gasteiger partial charge in [-0.1, -0.05) is 30.1 Å². The highest BCUT2D eigenvalue weighted by atomic mass is 35.5. The minimum absolute atomic E-state index is 0.0241. The summed E-state index contributed by atoms with van der Waals surface area (Å²) in [5, 5.41) is 6.21. The fraction of sp³-hybridized carbons (Fsp3) is 0.517. The van der Waals surface area contributed by atoms with Crippen LogP contribution in [0.3, 0.4) is 0 Å². The van der Waals surface area contributed by atoms with Gasteiger partial charge in [0.25, 0.3) is 5.91 Å². The number of anilines is 1. The standard InChI is InChI=1S/C29H35Cl2F3N4O4S/c1-3-43(41,42)26-7-6-20(30)15-25(26)37(2)28(40)19-13-23(29(32,33)34)22(24(31)14-19)17-38-12-4-5-21(16-38)36-27(39)18-8-10-35-11-9-18/h6-7,13-15,18,21,35H,3-5,8-12,16-17H2,1-2H3,(H,36,39)/t21-/m0/s1. The third kappa shape index (κ3) is 8.02. The predicted octanol–water partition coefficient (Wildman–Crippen LogP) is 5.16. The molecule has 0 aliphatic carbocycles. The van der Waals surface area contributed by atoms with E-state index in [0.29, 0.717) is 19.5 Å². The molecular formula is C29H35Cl2F3N4O4S. The van der Waals surface area contributed by atoms with Crippen molar-refractivity contribution in [3.63, 3.8) is 0 Å². The average molecular weight is 664 g/mol. The molecule has 14 heteroatoms. The second-order valence-electron chi connectivity index (χ2n) is 11.0. The highest BCUT2D eigenvalue weighted by Crippen LogP contribution is 2.38. The van der Waals surface area contributed by atoms with Crippen LogP contribution in [0.2, 0.25) is 10.0 Å².